The first-order valence-electron chi connectivity index (χ1n) is 5.41. The summed E-state index contributed by atoms with van der Waals surface area (Å²) < 4.78 is 5.56. The molecule has 0 bridgehead atoms. The maximum atomic E-state index is 6.02. The zero-order valence-corrected chi connectivity index (χ0v) is 11.2. The fourth-order valence-electron chi connectivity index (χ4n) is 1.40. The molecule has 0 saturated carbocycles. The summed E-state index contributed by atoms with van der Waals surface area (Å²) in [7, 11) is 0. The Balaban J connectivity index is 2.21. The van der Waals surface area contributed by atoms with Gasteiger partial charge < -0.3 is 10.5 Å². The van der Waals surface area contributed by atoms with E-state index in [0.29, 0.717) is 21.7 Å². The van der Waals surface area contributed by atoms with Gasteiger partial charge in [-0.25, -0.2) is 4.98 Å². The van der Waals surface area contributed by atoms with Crippen molar-refractivity contribution in [2.45, 2.75) is 13.0 Å². The molecule has 2 rings (SSSR count). The Morgan fingerprint density at radius 2 is 2.00 bits per heavy atom. The number of rotatable bonds is 3. The van der Waals surface area contributed by atoms with Gasteiger partial charge in [0.25, 0.3) is 0 Å². The molecule has 2 N–H and O–H groups in total. The molecule has 0 unspecified atom stereocenters. The molecule has 18 heavy (non-hydrogen) atoms. The average molecular weight is 283 g/mol. The monoisotopic (exact) mass is 282 g/mol. The zero-order chi connectivity index (χ0) is 13.1. The van der Waals surface area contributed by atoms with Crippen LogP contribution in [0.15, 0.2) is 36.5 Å². The van der Waals surface area contributed by atoms with Gasteiger partial charge in [-0.15, -0.1) is 0 Å². The summed E-state index contributed by atoms with van der Waals surface area (Å²) in [5, 5.41) is 0.818. The van der Waals surface area contributed by atoms with E-state index in [1.54, 1.807) is 30.5 Å². The lowest BCUT2D eigenvalue weighted by Gasteiger charge is -2.09. The summed E-state index contributed by atoms with van der Waals surface area (Å²) >= 11 is 11.9. The fourth-order valence-corrected chi connectivity index (χ4v) is 1.73. The summed E-state index contributed by atoms with van der Waals surface area (Å²) in [6.07, 6.45) is 1.68. The standard InChI is InChI=1S/C13H12Cl2N2O/c1-8(16)9-5-6-12(17-7-9)18-11-4-2-3-10(14)13(11)15/h2-8H,16H2,1H3/t8-/m0/s1. The normalized spacial score (nSPS) is 12.2. The van der Waals surface area contributed by atoms with Gasteiger partial charge in [-0.2, -0.15) is 0 Å². The van der Waals surface area contributed by atoms with Crippen molar-refractivity contribution in [1.29, 1.82) is 0 Å². The van der Waals surface area contributed by atoms with Gasteiger partial charge in [0.05, 0.1) is 5.02 Å². The number of hydrogen-bond donors (Lipinski definition) is 1. The van der Waals surface area contributed by atoms with Gasteiger partial charge in [0.1, 0.15) is 10.8 Å². The van der Waals surface area contributed by atoms with E-state index in [9.17, 15) is 0 Å². The molecule has 94 valence electrons. The van der Waals surface area contributed by atoms with Crippen LogP contribution in [0.1, 0.15) is 18.5 Å². The van der Waals surface area contributed by atoms with Crippen molar-refractivity contribution >= 4 is 23.2 Å². The van der Waals surface area contributed by atoms with Crippen LogP contribution in [0.3, 0.4) is 0 Å². The zero-order valence-electron chi connectivity index (χ0n) is 9.73. The number of ether oxygens (including phenoxy) is 1. The molecule has 1 atom stereocenters. The summed E-state index contributed by atoms with van der Waals surface area (Å²) in [6, 6.07) is 8.75. The van der Waals surface area contributed by atoms with Gasteiger partial charge >= 0.3 is 0 Å². The van der Waals surface area contributed by atoms with Crippen molar-refractivity contribution in [3.63, 3.8) is 0 Å². The van der Waals surface area contributed by atoms with E-state index in [1.807, 2.05) is 13.0 Å². The first-order chi connectivity index (χ1) is 8.58. The Labute approximate surface area is 115 Å². The molecule has 0 aliphatic carbocycles. The number of benzene rings is 1. The minimum absolute atomic E-state index is 0.0543. The van der Waals surface area contributed by atoms with Crippen LogP contribution >= 0.6 is 23.2 Å². The summed E-state index contributed by atoms with van der Waals surface area (Å²) in [4.78, 5) is 4.16. The largest absolute Gasteiger partial charge is 0.437 e. The highest BCUT2D eigenvalue weighted by molar-refractivity contribution is 6.42. The lowest BCUT2D eigenvalue weighted by atomic mass is 10.2. The molecule has 2 aromatic rings. The van der Waals surface area contributed by atoms with Crippen molar-refractivity contribution in [3.8, 4) is 11.6 Å². The van der Waals surface area contributed by atoms with Crippen molar-refractivity contribution in [2.24, 2.45) is 5.73 Å². The SMILES string of the molecule is C[C@H](N)c1ccc(Oc2cccc(Cl)c2Cl)nc1. The molecule has 3 nitrogen and oxygen atoms in total. The molecule has 0 aliphatic rings. The van der Waals surface area contributed by atoms with Gasteiger partial charge in [-0.1, -0.05) is 35.3 Å². The van der Waals surface area contributed by atoms with E-state index in [-0.39, 0.29) is 6.04 Å². The number of halogens is 2. The molecular weight excluding hydrogens is 271 g/mol. The predicted molar refractivity (Wildman–Crippen MR) is 73.4 cm³/mol. The van der Waals surface area contributed by atoms with Crippen LogP contribution < -0.4 is 10.5 Å². The van der Waals surface area contributed by atoms with Gasteiger partial charge in [0.2, 0.25) is 5.88 Å². The Kier molecular flexibility index (Phi) is 4.07. The number of nitrogens with zero attached hydrogens (tertiary/aromatic N) is 1. The van der Waals surface area contributed by atoms with Crippen molar-refractivity contribution < 1.29 is 4.74 Å². The molecule has 1 aromatic heterocycles. The molecule has 0 aliphatic heterocycles. The predicted octanol–water partition coefficient (Wildman–Crippen LogP) is 4.20. The smallest absolute Gasteiger partial charge is 0.219 e. The highest BCUT2D eigenvalue weighted by Crippen LogP contribution is 2.34. The van der Waals surface area contributed by atoms with E-state index in [4.69, 9.17) is 33.7 Å². The van der Waals surface area contributed by atoms with Crippen LogP contribution in [0.25, 0.3) is 0 Å². The van der Waals surface area contributed by atoms with Gasteiger partial charge in [0.15, 0.2) is 0 Å². The highest BCUT2D eigenvalue weighted by Gasteiger charge is 2.07. The van der Waals surface area contributed by atoms with Crippen LogP contribution in [0.4, 0.5) is 0 Å². The maximum Gasteiger partial charge on any atom is 0.219 e. The molecular formula is C13H12Cl2N2O. The summed E-state index contributed by atoms with van der Waals surface area (Å²) in [6.45, 7) is 1.89. The van der Waals surface area contributed by atoms with Crippen LogP contribution in [0.5, 0.6) is 11.6 Å². The Bertz CT molecular complexity index is 541. The van der Waals surface area contributed by atoms with E-state index in [2.05, 4.69) is 4.98 Å². The molecule has 0 spiro atoms. The summed E-state index contributed by atoms with van der Waals surface area (Å²) in [5.74, 6) is 0.925. The number of nitrogens with two attached hydrogens (primary N) is 1. The molecule has 0 fully saturated rings. The van der Waals surface area contributed by atoms with Crippen LogP contribution in [-0.4, -0.2) is 4.98 Å². The molecule has 0 amide bonds. The number of aromatic nitrogens is 1. The van der Waals surface area contributed by atoms with Gasteiger partial charge in [-0.05, 0) is 24.6 Å². The van der Waals surface area contributed by atoms with E-state index < -0.39 is 0 Å². The second-order valence-electron chi connectivity index (χ2n) is 3.87. The minimum atomic E-state index is -0.0543. The molecule has 5 heteroatoms. The molecule has 0 radical (unpaired) electrons. The quantitative estimate of drug-likeness (QED) is 0.918. The van der Waals surface area contributed by atoms with Crippen LogP contribution in [-0.2, 0) is 0 Å². The number of hydrogen-bond acceptors (Lipinski definition) is 3. The lowest BCUT2D eigenvalue weighted by molar-refractivity contribution is 0.462. The van der Waals surface area contributed by atoms with Gasteiger partial charge in [0, 0.05) is 18.3 Å². The second kappa shape index (κ2) is 5.57. The fraction of sp³-hybridized carbons (Fsp3) is 0.154. The first kappa shape index (κ1) is 13.1. The van der Waals surface area contributed by atoms with Crippen molar-refractivity contribution in [1.82, 2.24) is 4.98 Å². The van der Waals surface area contributed by atoms with Crippen molar-refractivity contribution in [2.75, 3.05) is 0 Å². The Morgan fingerprint density at radius 3 is 2.61 bits per heavy atom. The first-order valence-corrected chi connectivity index (χ1v) is 6.17. The Morgan fingerprint density at radius 1 is 1.22 bits per heavy atom. The van der Waals surface area contributed by atoms with Gasteiger partial charge in [-0.3, -0.25) is 0 Å². The third-order valence-electron chi connectivity index (χ3n) is 2.42. The molecule has 1 heterocycles. The third kappa shape index (κ3) is 2.93. The third-order valence-corrected chi connectivity index (χ3v) is 3.22. The average Bonchev–Trinajstić information content (AvgIpc) is 2.36. The van der Waals surface area contributed by atoms with Crippen molar-refractivity contribution in [3.05, 3.63) is 52.1 Å². The van der Waals surface area contributed by atoms with Crippen LogP contribution in [0.2, 0.25) is 10.0 Å². The second-order valence-corrected chi connectivity index (χ2v) is 4.66. The maximum absolute atomic E-state index is 6.02. The number of pyridine rings is 1. The van der Waals surface area contributed by atoms with E-state index in [1.165, 1.54) is 0 Å². The molecule has 1 aromatic carbocycles. The minimum Gasteiger partial charge on any atom is -0.437 e. The summed E-state index contributed by atoms with van der Waals surface area (Å²) in [5.41, 5.74) is 6.68. The topological polar surface area (TPSA) is 48.1 Å². The Hall–Kier alpha value is -1.29. The lowest BCUT2D eigenvalue weighted by Crippen LogP contribution is -2.05. The van der Waals surface area contributed by atoms with E-state index in [0.717, 1.165) is 5.56 Å². The van der Waals surface area contributed by atoms with E-state index >= 15 is 0 Å². The molecule has 0 saturated heterocycles. The highest BCUT2D eigenvalue weighted by atomic mass is 35.5. The van der Waals surface area contributed by atoms with Crippen LogP contribution in [0, 0.1) is 0 Å².